The van der Waals surface area contributed by atoms with Crippen LogP contribution in [-0.2, 0) is 14.3 Å². The van der Waals surface area contributed by atoms with Crippen LogP contribution in [0.2, 0.25) is 0 Å². The number of carbonyl (C=O) groups is 2. The van der Waals surface area contributed by atoms with Gasteiger partial charge in [-0.2, -0.15) is 0 Å². The molecule has 2 aliphatic carbocycles. The summed E-state index contributed by atoms with van der Waals surface area (Å²) in [6.07, 6.45) is 2.80. The fourth-order valence-corrected chi connectivity index (χ4v) is 4.67. The molecule has 0 bridgehead atoms. The van der Waals surface area contributed by atoms with Crippen molar-refractivity contribution in [3.05, 3.63) is 11.1 Å². The molecule has 3 rings (SSSR count). The maximum absolute atomic E-state index is 12.3. The summed E-state index contributed by atoms with van der Waals surface area (Å²) >= 11 is 0. The van der Waals surface area contributed by atoms with E-state index in [-0.39, 0.29) is 34.6 Å². The van der Waals surface area contributed by atoms with E-state index in [1.165, 1.54) is 0 Å². The fourth-order valence-electron chi connectivity index (χ4n) is 4.67. The molecule has 2 fully saturated rings. The van der Waals surface area contributed by atoms with Gasteiger partial charge >= 0.3 is 5.97 Å². The minimum atomic E-state index is -0.162. The molecule has 1 saturated heterocycles. The van der Waals surface area contributed by atoms with Gasteiger partial charge in [-0.15, -0.1) is 0 Å². The van der Waals surface area contributed by atoms with Gasteiger partial charge in [-0.1, -0.05) is 20.8 Å². The van der Waals surface area contributed by atoms with Crippen molar-refractivity contribution in [1.29, 1.82) is 0 Å². The Morgan fingerprint density at radius 1 is 1.21 bits per heavy atom. The Morgan fingerprint density at radius 2 is 1.89 bits per heavy atom. The highest BCUT2D eigenvalue weighted by molar-refractivity contribution is 5.98. The number of hydrogen-bond acceptors (Lipinski definition) is 3. The molecule has 1 aliphatic heterocycles. The van der Waals surface area contributed by atoms with Crippen molar-refractivity contribution in [1.82, 2.24) is 0 Å². The average molecular weight is 262 g/mol. The SMILES string of the molecule is CC1=C2CC(=O)OC3CCC(C)(C)C(CC1=O)[C@@]23C. The summed E-state index contributed by atoms with van der Waals surface area (Å²) in [5, 5.41) is 0. The largest absolute Gasteiger partial charge is 0.461 e. The van der Waals surface area contributed by atoms with Gasteiger partial charge in [0.15, 0.2) is 5.78 Å². The number of hydrogen-bond donors (Lipinski definition) is 0. The Balaban J connectivity index is 2.19. The van der Waals surface area contributed by atoms with Gasteiger partial charge in [0.05, 0.1) is 6.42 Å². The van der Waals surface area contributed by atoms with Gasteiger partial charge in [-0.05, 0) is 42.2 Å². The molecule has 19 heavy (non-hydrogen) atoms. The molecule has 3 heteroatoms. The number of ether oxygens (including phenoxy) is 1. The van der Waals surface area contributed by atoms with E-state index in [0.29, 0.717) is 12.8 Å². The lowest BCUT2D eigenvalue weighted by atomic mass is 9.48. The lowest BCUT2D eigenvalue weighted by Crippen LogP contribution is -2.58. The molecule has 3 nitrogen and oxygen atoms in total. The Labute approximate surface area is 114 Å². The van der Waals surface area contributed by atoms with Gasteiger partial charge in [0.1, 0.15) is 6.10 Å². The number of esters is 1. The zero-order valence-corrected chi connectivity index (χ0v) is 12.2. The quantitative estimate of drug-likeness (QED) is 0.630. The number of carbonyl (C=O) groups excluding carboxylic acids is 2. The third-order valence-electron chi connectivity index (χ3n) is 5.89. The number of allylic oxidation sites excluding steroid dienone is 1. The monoisotopic (exact) mass is 262 g/mol. The summed E-state index contributed by atoms with van der Waals surface area (Å²) in [6.45, 7) is 8.60. The average Bonchev–Trinajstić information content (AvgIpc) is 2.32. The predicted molar refractivity (Wildman–Crippen MR) is 71.4 cm³/mol. The summed E-state index contributed by atoms with van der Waals surface area (Å²) in [6, 6.07) is 0. The van der Waals surface area contributed by atoms with E-state index in [1.807, 2.05) is 6.92 Å². The first-order valence-electron chi connectivity index (χ1n) is 7.19. The molecule has 3 aliphatic rings. The first kappa shape index (κ1) is 12.9. The molecule has 2 unspecified atom stereocenters. The Hall–Kier alpha value is -1.12. The third-order valence-corrected chi connectivity index (χ3v) is 5.89. The van der Waals surface area contributed by atoms with Gasteiger partial charge < -0.3 is 4.74 Å². The van der Waals surface area contributed by atoms with Crippen molar-refractivity contribution in [3.8, 4) is 0 Å². The summed E-state index contributed by atoms with van der Waals surface area (Å²) in [7, 11) is 0. The van der Waals surface area contributed by atoms with Crippen LogP contribution < -0.4 is 0 Å². The smallest absolute Gasteiger partial charge is 0.310 e. The molecule has 3 atom stereocenters. The maximum atomic E-state index is 12.3. The molecule has 0 aromatic rings. The summed E-state index contributed by atoms with van der Waals surface area (Å²) in [5.74, 6) is 0.351. The second-order valence-corrected chi connectivity index (χ2v) is 7.25. The van der Waals surface area contributed by atoms with Crippen molar-refractivity contribution in [2.45, 2.75) is 59.5 Å². The molecule has 0 radical (unpaired) electrons. The van der Waals surface area contributed by atoms with Crippen LogP contribution >= 0.6 is 0 Å². The molecule has 0 amide bonds. The third kappa shape index (κ3) is 1.56. The highest BCUT2D eigenvalue weighted by atomic mass is 16.5. The Kier molecular flexibility index (Phi) is 2.52. The second kappa shape index (κ2) is 3.71. The predicted octanol–water partition coefficient (Wildman–Crippen LogP) is 3.03. The van der Waals surface area contributed by atoms with Crippen LogP contribution in [0, 0.1) is 16.7 Å². The van der Waals surface area contributed by atoms with Crippen molar-refractivity contribution < 1.29 is 14.3 Å². The van der Waals surface area contributed by atoms with Crippen molar-refractivity contribution >= 4 is 11.8 Å². The van der Waals surface area contributed by atoms with Gasteiger partial charge in [-0.25, -0.2) is 0 Å². The van der Waals surface area contributed by atoms with Crippen molar-refractivity contribution in [3.63, 3.8) is 0 Å². The zero-order valence-electron chi connectivity index (χ0n) is 12.2. The van der Waals surface area contributed by atoms with Crippen LogP contribution in [0.3, 0.4) is 0 Å². The topological polar surface area (TPSA) is 43.4 Å². The minimum Gasteiger partial charge on any atom is -0.461 e. The lowest BCUT2D eigenvalue weighted by molar-refractivity contribution is -0.177. The number of rotatable bonds is 0. The molecule has 0 spiro atoms. The Morgan fingerprint density at radius 3 is 2.58 bits per heavy atom. The first-order valence-corrected chi connectivity index (χ1v) is 7.19. The number of Topliss-reactive ketones (excluding diaryl/α,β-unsaturated/α-hetero) is 1. The van der Waals surface area contributed by atoms with Crippen LogP contribution in [0.5, 0.6) is 0 Å². The summed E-state index contributed by atoms with van der Waals surface area (Å²) in [5.41, 5.74) is 1.88. The van der Waals surface area contributed by atoms with Crippen LogP contribution in [-0.4, -0.2) is 17.9 Å². The van der Waals surface area contributed by atoms with Gasteiger partial charge in [0.2, 0.25) is 0 Å². The first-order chi connectivity index (χ1) is 8.76. The molecular weight excluding hydrogens is 240 g/mol. The highest BCUT2D eigenvalue weighted by Crippen LogP contribution is 2.61. The minimum absolute atomic E-state index is 0.0372. The molecule has 1 saturated carbocycles. The second-order valence-electron chi connectivity index (χ2n) is 7.25. The van der Waals surface area contributed by atoms with E-state index in [4.69, 9.17) is 4.74 Å². The Bertz CT molecular complexity index is 500. The van der Waals surface area contributed by atoms with Crippen LogP contribution in [0.25, 0.3) is 0 Å². The molecular formula is C16H22O3. The van der Waals surface area contributed by atoms with Crippen LogP contribution in [0.15, 0.2) is 11.1 Å². The van der Waals surface area contributed by atoms with Crippen LogP contribution in [0.4, 0.5) is 0 Å². The fraction of sp³-hybridized carbons (Fsp3) is 0.750. The highest BCUT2D eigenvalue weighted by Gasteiger charge is 2.60. The van der Waals surface area contributed by atoms with Gasteiger partial charge in [0, 0.05) is 11.8 Å². The molecule has 104 valence electrons. The normalized spacial score (nSPS) is 40.8. The summed E-state index contributed by atoms with van der Waals surface area (Å²) < 4.78 is 5.62. The van der Waals surface area contributed by atoms with E-state index < -0.39 is 0 Å². The molecule has 0 N–H and O–H groups in total. The van der Waals surface area contributed by atoms with Crippen molar-refractivity contribution in [2.24, 2.45) is 16.7 Å². The molecule has 0 aromatic carbocycles. The van der Waals surface area contributed by atoms with Gasteiger partial charge in [-0.3, -0.25) is 9.59 Å². The van der Waals surface area contributed by atoms with E-state index >= 15 is 0 Å². The maximum Gasteiger partial charge on any atom is 0.310 e. The van der Waals surface area contributed by atoms with E-state index in [0.717, 1.165) is 24.0 Å². The molecule has 0 aromatic heterocycles. The molecule has 1 heterocycles. The standard InChI is InChI=1S/C16H22O3/c1-9-10-7-14(18)19-13-5-6-15(2,3)12(8-11(9)17)16(10,13)4/h12-13H,5-8H2,1-4H3/t12?,13?,16-/m1/s1. The summed E-state index contributed by atoms with van der Waals surface area (Å²) in [4.78, 5) is 24.1. The zero-order chi connectivity index (χ0) is 14.0. The van der Waals surface area contributed by atoms with Crippen LogP contribution in [0.1, 0.15) is 53.4 Å². The lowest BCUT2D eigenvalue weighted by Gasteiger charge is -2.58. The number of ketones is 1. The van der Waals surface area contributed by atoms with E-state index in [1.54, 1.807) is 0 Å². The van der Waals surface area contributed by atoms with Crippen molar-refractivity contribution in [2.75, 3.05) is 0 Å². The van der Waals surface area contributed by atoms with E-state index in [9.17, 15) is 9.59 Å². The van der Waals surface area contributed by atoms with E-state index in [2.05, 4.69) is 20.8 Å². The van der Waals surface area contributed by atoms with Gasteiger partial charge in [0.25, 0.3) is 0 Å².